The quantitative estimate of drug-likeness (QED) is 0.569. The molecular weight excluding hydrogens is 414 g/mol. The third-order valence-corrected chi connectivity index (χ3v) is 5.60. The van der Waals surface area contributed by atoms with Gasteiger partial charge in [-0.25, -0.2) is 9.18 Å². The van der Waals surface area contributed by atoms with Gasteiger partial charge in [0.25, 0.3) is 0 Å². The van der Waals surface area contributed by atoms with Crippen LogP contribution in [0, 0.1) is 12.7 Å². The van der Waals surface area contributed by atoms with Gasteiger partial charge >= 0.3 is 12.2 Å². The molecule has 1 N–H and O–H groups in total. The molecule has 0 saturated carbocycles. The number of pyridine rings is 1. The number of hydrogen-bond acceptors (Lipinski definition) is 5. The molecule has 2 aromatic heterocycles. The SMILES string of the molecule is CCn1cc(F)c(/[S-](=O)=N/C(=O)Nc2c3c(nc(C)c2C(F)(F)F)[C@H](C)CC3)n1. The van der Waals surface area contributed by atoms with Gasteiger partial charge in [0.15, 0.2) is 0 Å². The largest absolute Gasteiger partial charge is 0.438 e. The predicted molar refractivity (Wildman–Crippen MR) is 96.3 cm³/mol. The number of anilines is 1. The first kappa shape index (κ1) is 21.2. The van der Waals surface area contributed by atoms with Crippen LogP contribution < -0.4 is 5.32 Å². The van der Waals surface area contributed by atoms with E-state index in [9.17, 15) is 26.6 Å². The lowest BCUT2D eigenvalue weighted by Crippen LogP contribution is -2.19. The van der Waals surface area contributed by atoms with Crippen molar-refractivity contribution in [1.82, 2.24) is 14.8 Å². The Bertz CT molecular complexity index is 1060. The number of carbonyl (C=O) groups excluding carboxylic acids is 1. The standard InChI is InChI=1S/C17H18F4N5O2S/c1-4-26-7-11(18)15(24-26)29(28)25-16(27)23-14-10-6-5-8(2)13(10)22-9(3)12(14)17(19,20)21/h7-8H,4-6H2,1-3H3,(H,22,23,27)/q-1/t8-/m1/s1. The lowest BCUT2D eigenvalue weighted by molar-refractivity contribution is -0.137. The minimum absolute atomic E-state index is 0.0557. The Balaban J connectivity index is 2.01. The first-order valence-corrected chi connectivity index (χ1v) is 9.91. The van der Waals surface area contributed by atoms with Crippen molar-refractivity contribution in [2.75, 3.05) is 5.32 Å². The van der Waals surface area contributed by atoms with Gasteiger partial charge in [-0.05, 0) is 38.2 Å². The number of urea groups is 1. The summed E-state index contributed by atoms with van der Waals surface area (Å²) >= 11 is 0. The Morgan fingerprint density at radius 2 is 2.14 bits per heavy atom. The first-order valence-electron chi connectivity index (χ1n) is 8.81. The number of nitrogens with zero attached hydrogens (tertiary/aromatic N) is 4. The number of carbonyl (C=O) groups is 1. The van der Waals surface area contributed by atoms with Gasteiger partial charge in [-0.1, -0.05) is 6.92 Å². The molecule has 0 saturated heterocycles. The monoisotopic (exact) mass is 432 g/mol. The summed E-state index contributed by atoms with van der Waals surface area (Å²) in [5.41, 5.74) is -1.00. The summed E-state index contributed by atoms with van der Waals surface area (Å²) in [7, 11) is -2.51. The molecule has 0 fully saturated rings. The molecule has 1 atom stereocenters. The molecule has 7 nitrogen and oxygen atoms in total. The van der Waals surface area contributed by atoms with Crippen LogP contribution in [0.25, 0.3) is 0 Å². The Kier molecular flexibility index (Phi) is 5.65. The Morgan fingerprint density at radius 1 is 1.45 bits per heavy atom. The van der Waals surface area contributed by atoms with Gasteiger partial charge in [0, 0.05) is 17.3 Å². The molecule has 0 aromatic carbocycles. The molecule has 1 aliphatic carbocycles. The Morgan fingerprint density at radius 3 is 2.72 bits per heavy atom. The lowest BCUT2D eigenvalue weighted by atomic mass is 10.0. The number of hydrogen-bond donors (Lipinski definition) is 1. The van der Waals surface area contributed by atoms with E-state index in [4.69, 9.17) is 0 Å². The van der Waals surface area contributed by atoms with E-state index in [1.807, 2.05) is 6.92 Å². The van der Waals surface area contributed by atoms with Crippen molar-refractivity contribution in [3.8, 4) is 0 Å². The lowest BCUT2D eigenvalue weighted by Gasteiger charge is -2.19. The van der Waals surface area contributed by atoms with Crippen molar-refractivity contribution < 1.29 is 26.6 Å². The van der Waals surface area contributed by atoms with Crippen LogP contribution in [0.5, 0.6) is 0 Å². The van der Waals surface area contributed by atoms with E-state index in [0.29, 0.717) is 25.1 Å². The van der Waals surface area contributed by atoms with E-state index in [-0.39, 0.29) is 17.2 Å². The fourth-order valence-corrected chi connectivity index (χ4v) is 3.99. The zero-order valence-corrected chi connectivity index (χ0v) is 16.6. The predicted octanol–water partition coefficient (Wildman–Crippen LogP) is 4.55. The zero-order valence-electron chi connectivity index (χ0n) is 15.8. The number of fused-ring (bicyclic) bond motifs is 1. The van der Waals surface area contributed by atoms with Crippen molar-refractivity contribution in [1.29, 1.82) is 0 Å². The number of rotatable bonds is 3. The highest BCUT2D eigenvalue weighted by molar-refractivity contribution is 7.75. The second-order valence-corrected chi connectivity index (χ2v) is 7.72. The van der Waals surface area contributed by atoms with Crippen molar-refractivity contribution in [2.45, 2.75) is 57.3 Å². The van der Waals surface area contributed by atoms with Crippen LogP contribution in [0.3, 0.4) is 0 Å². The van der Waals surface area contributed by atoms with Gasteiger partial charge in [0.05, 0.1) is 17.6 Å². The minimum Gasteiger partial charge on any atom is -0.438 e. The molecule has 12 heteroatoms. The van der Waals surface area contributed by atoms with Crippen molar-refractivity contribution in [2.24, 2.45) is 4.36 Å². The van der Waals surface area contributed by atoms with Crippen LogP contribution in [0.4, 0.5) is 28.0 Å². The van der Waals surface area contributed by atoms with E-state index < -0.39 is 44.9 Å². The van der Waals surface area contributed by atoms with Gasteiger partial charge in [-0.3, -0.25) is 9.67 Å². The van der Waals surface area contributed by atoms with Crippen LogP contribution in [-0.4, -0.2) is 20.8 Å². The molecule has 2 aromatic rings. The van der Waals surface area contributed by atoms with Gasteiger partial charge in [0.2, 0.25) is 0 Å². The number of amides is 2. The number of halogens is 4. The third-order valence-electron chi connectivity index (χ3n) is 4.66. The number of nitrogens with one attached hydrogen (secondary N) is 1. The fraction of sp³-hybridized carbons (Fsp3) is 0.471. The number of aromatic nitrogens is 3. The molecule has 0 spiro atoms. The summed E-state index contributed by atoms with van der Waals surface area (Å²) in [6.07, 6.45) is -2.87. The molecule has 0 bridgehead atoms. The smallest absolute Gasteiger partial charge is 0.420 e. The summed E-state index contributed by atoms with van der Waals surface area (Å²) in [6.45, 7) is 5.03. The third kappa shape index (κ3) is 4.11. The molecule has 158 valence electrons. The van der Waals surface area contributed by atoms with Crippen LogP contribution in [0.2, 0.25) is 0 Å². The highest BCUT2D eigenvalue weighted by Crippen LogP contribution is 2.44. The summed E-state index contributed by atoms with van der Waals surface area (Å²) in [5.74, 6) is -0.980. The summed E-state index contributed by atoms with van der Waals surface area (Å²) < 4.78 is 71.2. The van der Waals surface area contributed by atoms with Crippen LogP contribution in [0.15, 0.2) is 15.6 Å². The Labute approximate surface area is 165 Å². The van der Waals surface area contributed by atoms with E-state index in [1.165, 1.54) is 6.92 Å². The Hall–Kier alpha value is -2.50. The topological polar surface area (TPSA) is 89.2 Å². The maximum Gasteiger partial charge on any atom is 0.420 e. The van der Waals surface area contributed by atoms with Gasteiger partial charge in [-0.2, -0.15) is 18.3 Å². The van der Waals surface area contributed by atoms with Crippen LogP contribution in [-0.2, 0) is 33.9 Å². The molecular formula is C17H18F4N5O2S-. The molecule has 2 amide bonds. The van der Waals surface area contributed by atoms with E-state index in [1.54, 1.807) is 6.92 Å². The average Bonchev–Trinajstić information content (AvgIpc) is 3.16. The number of aryl methyl sites for hydroxylation is 2. The maximum atomic E-state index is 13.8. The van der Waals surface area contributed by atoms with Crippen molar-refractivity contribution in [3.63, 3.8) is 0 Å². The highest BCUT2D eigenvalue weighted by Gasteiger charge is 2.40. The second kappa shape index (κ2) is 7.73. The van der Waals surface area contributed by atoms with E-state index >= 15 is 0 Å². The maximum absolute atomic E-state index is 13.8. The molecule has 3 rings (SSSR count). The van der Waals surface area contributed by atoms with Gasteiger partial charge in [0.1, 0.15) is 11.4 Å². The average molecular weight is 432 g/mol. The first-order chi connectivity index (χ1) is 13.5. The summed E-state index contributed by atoms with van der Waals surface area (Å²) in [5, 5.41) is 5.24. The molecule has 0 unspecified atom stereocenters. The normalized spacial score (nSPS) is 17.4. The van der Waals surface area contributed by atoms with Gasteiger partial charge in [-0.15, -0.1) is 10.6 Å². The van der Waals surface area contributed by atoms with Crippen molar-refractivity contribution >= 4 is 22.3 Å². The highest BCUT2D eigenvalue weighted by atomic mass is 32.2. The summed E-state index contributed by atoms with van der Waals surface area (Å²) in [4.78, 5) is 16.3. The minimum atomic E-state index is -4.76. The molecule has 0 aliphatic heterocycles. The van der Waals surface area contributed by atoms with Gasteiger partial charge < -0.3 is 13.9 Å². The summed E-state index contributed by atoms with van der Waals surface area (Å²) in [6, 6.07) is -1.29. The van der Waals surface area contributed by atoms with Crippen molar-refractivity contribution in [3.05, 3.63) is 34.5 Å². The van der Waals surface area contributed by atoms with E-state index in [0.717, 1.165) is 10.9 Å². The zero-order chi connectivity index (χ0) is 21.5. The van der Waals surface area contributed by atoms with E-state index in [2.05, 4.69) is 19.8 Å². The van der Waals surface area contributed by atoms with Crippen LogP contribution >= 0.6 is 0 Å². The second-order valence-electron chi connectivity index (χ2n) is 6.66. The van der Waals surface area contributed by atoms with Crippen LogP contribution in [0.1, 0.15) is 48.7 Å². The molecule has 29 heavy (non-hydrogen) atoms. The molecule has 0 radical (unpaired) electrons. The molecule has 2 heterocycles. The molecule has 1 aliphatic rings. The number of alkyl halides is 3. The fourth-order valence-electron chi connectivity index (χ4n) is 3.31.